The lowest BCUT2D eigenvalue weighted by atomic mass is 10.2. The normalized spacial score (nSPS) is 10.2. The van der Waals surface area contributed by atoms with E-state index in [0.717, 1.165) is 0 Å². The number of nitro benzene ring substituents is 1. The fourth-order valence-electron chi connectivity index (χ4n) is 1.09. The maximum Gasteiger partial charge on any atom is 0.338 e. The van der Waals surface area contributed by atoms with Crippen LogP contribution in [0.15, 0.2) is 23.1 Å². The number of carbonyl (C=O) groups excluding carboxylic acids is 1. The summed E-state index contributed by atoms with van der Waals surface area (Å²) in [5, 5.41) is 10.5. The topological polar surface area (TPSA) is 69.4 Å². The summed E-state index contributed by atoms with van der Waals surface area (Å²) < 4.78 is 4.95. The lowest BCUT2D eigenvalue weighted by molar-refractivity contribution is -0.387. The Balaban J connectivity index is 2.97. The average molecular weight is 241 g/mol. The molecule has 0 spiro atoms. The van der Waals surface area contributed by atoms with Crippen molar-refractivity contribution in [2.24, 2.45) is 0 Å². The van der Waals surface area contributed by atoms with Gasteiger partial charge in [-0.25, -0.2) is 4.79 Å². The van der Waals surface area contributed by atoms with Crippen LogP contribution in [0.5, 0.6) is 0 Å². The predicted octanol–water partition coefficient (Wildman–Crippen LogP) is 2.45. The first kappa shape index (κ1) is 12.5. The van der Waals surface area contributed by atoms with Crippen LogP contribution in [-0.4, -0.2) is 17.0 Å². The third kappa shape index (κ3) is 2.96. The van der Waals surface area contributed by atoms with Crippen molar-refractivity contribution >= 4 is 24.3 Å². The molecule has 0 aliphatic heterocycles. The molecule has 0 saturated carbocycles. The lowest BCUT2D eigenvalue weighted by Crippen LogP contribution is -2.11. The molecule has 0 heterocycles. The van der Waals surface area contributed by atoms with Gasteiger partial charge in [-0.1, -0.05) is 0 Å². The molecule has 0 bridgehead atoms. The van der Waals surface area contributed by atoms with E-state index in [2.05, 4.69) is 12.6 Å². The summed E-state index contributed by atoms with van der Waals surface area (Å²) in [6.45, 7) is 3.45. The van der Waals surface area contributed by atoms with E-state index in [1.807, 2.05) is 0 Å². The van der Waals surface area contributed by atoms with E-state index in [1.54, 1.807) is 13.8 Å². The van der Waals surface area contributed by atoms with E-state index >= 15 is 0 Å². The number of nitro groups is 1. The van der Waals surface area contributed by atoms with Crippen molar-refractivity contribution in [2.45, 2.75) is 24.8 Å². The van der Waals surface area contributed by atoms with Crippen LogP contribution in [0.25, 0.3) is 0 Å². The van der Waals surface area contributed by atoms with Crippen LogP contribution in [0.3, 0.4) is 0 Å². The smallest absolute Gasteiger partial charge is 0.338 e. The highest BCUT2D eigenvalue weighted by Crippen LogP contribution is 2.23. The number of carbonyl (C=O) groups is 1. The molecule has 0 fully saturated rings. The Kier molecular flexibility index (Phi) is 3.89. The van der Waals surface area contributed by atoms with Crippen LogP contribution in [0.1, 0.15) is 24.2 Å². The largest absolute Gasteiger partial charge is 0.459 e. The highest BCUT2D eigenvalue weighted by atomic mass is 32.1. The minimum Gasteiger partial charge on any atom is -0.459 e. The maximum absolute atomic E-state index is 11.5. The summed E-state index contributed by atoms with van der Waals surface area (Å²) >= 11 is 3.94. The Morgan fingerprint density at radius 2 is 2.12 bits per heavy atom. The zero-order valence-corrected chi connectivity index (χ0v) is 9.73. The number of hydrogen-bond acceptors (Lipinski definition) is 5. The molecule has 0 saturated heterocycles. The van der Waals surface area contributed by atoms with Gasteiger partial charge in [0.25, 0.3) is 5.69 Å². The molecule has 86 valence electrons. The van der Waals surface area contributed by atoms with Gasteiger partial charge in [-0.05, 0) is 26.0 Å². The SMILES string of the molecule is CC(C)OC(=O)c1ccc([N+](=O)[O-])c(S)c1. The first-order chi connectivity index (χ1) is 7.41. The first-order valence-corrected chi connectivity index (χ1v) is 5.05. The second-order valence-corrected chi connectivity index (χ2v) is 3.90. The molecule has 1 aromatic carbocycles. The summed E-state index contributed by atoms with van der Waals surface area (Å²) in [7, 11) is 0. The van der Waals surface area contributed by atoms with Gasteiger partial charge in [-0.15, -0.1) is 12.6 Å². The molecular formula is C10H11NO4S. The third-order valence-electron chi connectivity index (χ3n) is 1.75. The van der Waals surface area contributed by atoms with Crippen molar-refractivity contribution in [3.05, 3.63) is 33.9 Å². The van der Waals surface area contributed by atoms with Gasteiger partial charge in [-0.2, -0.15) is 0 Å². The van der Waals surface area contributed by atoms with Crippen LogP contribution in [0.2, 0.25) is 0 Å². The van der Waals surface area contributed by atoms with Crippen molar-refractivity contribution in [3.8, 4) is 0 Å². The molecule has 0 atom stereocenters. The quantitative estimate of drug-likeness (QED) is 0.382. The van der Waals surface area contributed by atoms with E-state index in [0.29, 0.717) is 0 Å². The fraction of sp³-hybridized carbons (Fsp3) is 0.300. The standard InChI is InChI=1S/C10H11NO4S/c1-6(2)15-10(12)7-3-4-8(11(13)14)9(16)5-7/h3-6,16H,1-2H3. The van der Waals surface area contributed by atoms with Gasteiger partial charge in [0.15, 0.2) is 0 Å². The van der Waals surface area contributed by atoms with E-state index in [9.17, 15) is 14.9 Å². The second-order valence-electron chi connectivity index (χ2n) is 3.41. The second kappa shape index (κ2) is 4.98. The highest BCUT2D eigenvalue weighted by Gasteiger charge is 2.15. The van der Waals surface area contributed by atoms with Crippen molar-refractivity contribution in [2.75, 3.05) is 0 Å². The van der Waals surface area contributed by atoms with Crippen LogP contribution in [0.4, 0.5) is 5.69 Å². The molecule has 0 unspecified atom stereocenters. The molecule has 0 amide bonds. The van der Waals surface area contributed by atoms with E-state index < -0.39 is 10.9 Å². The third-order valence-corrected chi connectivity index (χ3v) is 2.11. The molecule has 0 N–H and O–H groups in total. The van der Waals surface area contributed by atoms with E-state index in [4.69, 9.17) is 4.74 Å². The van der Waals surface area contributed by atoms with Gasteiger partial charge >= 0.3 is 5.97 Å². The van der Waals surface area contributed by atoms with Crippen LogP contribution in [-0.2, 0) is 4.74 Å². The molecule has 0 aliphatic rings. The molecule has 6 heteroatoms. The Labute approximate surface area is 98.0 Å². The van der Waals surface area contributed by atoms with Crippen LogP contribution < -0.4 is 0 Å². The van der Waals surface area contributed by atoms with E-state index in [1.165, 1.54) is 18.2 Å². The van der Waals surface area contributed by atoms with Gasteiger partial charge in [0, 0.05) is 6.07 Å². The Bertz CT molecular complexity index is 431. The Morgan fingerprint density at radius 1 is 1.50 bits per heavy atom. The van der Waals surface area contributed by atoms with Gasteiger partial charge in [-0.3, -0.25) is 10.1 Å². The Morgan fingerprint density at radius 3 is 2.56 bits per heavy atom. The van der Waals surface area contributed by atoms with Crippen molar-refractivity contribution in [1.29, 1.82) is 0 Å². The van der Waals surface area contributed by atoms with Gasteiger partial charge in [0.2, 0.25) is 0 Å². The summed E-state index contributed by atoms with van der Waals surface area (Å²) in [6.07, 6.45) is -0.231. The average Bonchev–Trinajstić information content (AvgIpc) is 2.15. The van der Waals surface area contributed by atoms with Gasteiger partial charge in [0.1, 0.15) is 0 Å². The summed E-state index contributed by atoms with van der Waals surface area (Å²) in [5.74, 6) is -0.514. The molecular weight excluding hydrogens is 230 g/mol. The van der Waals surface area contributed by atoms with Gasteiger partial charge < -0.3 is 4.74 Å². The molecule has 16 heavy (non-hydrogen) atoms. The number of esters is 1. The van der Waals surface area contributed by atoms with Crippen molar-refractivity contribution < 1.29 is 14.5 Å². The van der Waals surface area contributed by atoms with Crippen molar-refractivity contribution in [3.63, 3.8) is 0 Å². The molecule has 0 aliphatic carbocycles. The zero-order valence-electron chi connectivity index (χ0n) is 8.84. The monoisotopic (exact) mass is 241 g/mol. The number of ether oxygens (including phenoxy) is 1. The number of thiol groups is 1. The molecule has 0 radical (unpaired) electrons. The number of hydrogen-bond donors (Lipinski definition) is 1. The zero-order chi connectivity index (χ0) is 12.3. The number of rotatable bonds is 3. The Hall–Kier alpha value is -1.56. The highest BCUT2D eigenvalue weighted by molar-refractivity contribution is 7.80. The first-order valence-electron chi connectivity index (χ1n) is 4.60. The molecule has 0 aromatic heterocycles. The summed E-state index contributed by atoms with van der Waals surface area (Å²) in [5.41, 5.74) is 0.119. The minimum atomic E-state index is -0.556. The molecule has 5 nitrogen and oxygen atoms in total. The van der Waals surface area contributed by atoms with Crippen LogP contribution >= 0.6 is 12.6 Å². The minimum absolute atomic E-state index is 0.135. The fourth-order valence-corrected chi connectivity index (χ4v) is 1.38. The number of benzene rings is 1. The van der Waals surface area contributed by atoms with E-state index in [-0.39, 0.29) is 22.3 Å². The van der Waals surface area contributed by atoms with Crippen molar-refractivity contribution in [1.82, 2.24) is 0 Å². The number of nitrogens with zero attached hydrogens (tertiary/aromatic N) is 1. The maximum atomic E-state index is 11.5. The van der Waals surface area contributed by atoms with Crippen LogP contribution in [0, 0.1) is 10.1 Å². The lowest BCUT2D eigenvalue weighted by Gasteiger charge is -2.07. The molecule has 1 rings (SSSR count). The molecule has 1 aromatic rings. The summed E-state index contributed by atoms with van der Waals surface area (Å²) in [4.78, 5) is 21.6. The predicted molar refractivity (Wildman–Crippen MR) is 60.9 cm³/mol. The van der Waals surface area contributed by atoms with Gasteiger partial charge in [0.05, 0.1) is 21.5 Å². The summed E-state index contributed by atoms with van der Waals surface area (Å²) in [6, 6.07) is 3.91.